The highest BCUT2D eigenvalue weighted by Crippen LogP contribution is 2.22. The predicted molar refractivity (Wildman–Crippen MR) is 58.9 cm³/mol. The van der Waals surface area contributed by atoms with Crippen LogP contribution in [0.15, 0.2) is 18.7 Å². The van der Waals surface area contributed by atoms with Crippen molar-refractivity contribution in [3.05, 3.63) is 18.7 Å². The molecule has 1 N–H and O–H groups in total. The third-order valence-corrected chi connectivity index (χ3v) is 3.41. The molecular formula is C11H14N4O2. The summed E-state index contributed by atoms with van der Waals surface area (Å²) in [5.41, 5.74) is 0. The molecule has 0 aliphatic carbocycles. The molecule has 90 valence electrons. The first-order valence-electron chi connectivity index (χ1n) is 5.82. The summed E-state index contributed by atoms with van der Waals surface area (Å²) in [6, 6.07) is -0.687. The number of piperazine rings is 1. The lowest BCUT2D eigenvalue weighted by Crippen LogP contribution is -2.62. The monoisotopic (exact) mass is 234 g/mol. The average Bonchev–Trinajstić information content (AvgIpc) is 2.96. The van der Waals surface area contributed by atoms with Crippen molar-refractivity contribution in [3.8, 4) is 0 Å². The first kappa shape index (κ1) is 10.3. The normalized spacial score (nSPS) is 28.1. The smallest absolute Gasteiger partial charge is 0.247 e. The van der Waals surface area contributed by atoms with Crippen LogP contribution in [0.3, 0.4) is 0 Å². The lowest BCUT2D eigenvalue weighted by Gasteiger charge is -2.34. The first-order valence-corrected chi connectivity index (χ1v) is 5.82. The molecule has 0 bridgehead atoms. The second-order valence-electron chi connectivity index (χ2n) is 4.51. The van der Waals surface area contributed by atoms with Crippen molar-refractivity contribution in [2.24, 2.45) is 0 Å². The number of rotatable bonds is 2. The fraction of sp³-hybridized carbons (Fsp3) is 0.545. The van der Waals surface area contributed by atoms with Crippen LogP contribution >= 0.6 is 0 Å². The van der Waals surface area contributed by atoms with Crippen molar-refractivity contribution in [2.45, 2.75) is 31.5 Å². The molecule has 6 nitrogen and oxygen atoms in total. The molecule has 17 heavy (non-hydrogen) atoms. The summed E-state index contributed by atoms with van der Waals surface area (Å²) in [6.45, 7) is 1.16. The van der Waals surface area contributed by atoms with Gasteiger partial charge in [0.25, 0.3) is 0 Å². The molecule has 2 amide bonds. The van der Waals surface area contributed by atoms with E-state index in [4.69, 9.17) is 0 Å². The molecule has 0 spiro atoms. The highest BCUT2D eigenvalue weighted by Gasteiger charge is 2.42. The molecule has 2 aliphatic rings. The van der Waals surface area contributed by atoms with Crippen LogP contribution in [0, 0.1) is 0 Å². The highest BCUT2D eigenvalue weighted by molar-refractivity contribution is 5.97. The molecule has 2 saturated heterocycles. The average molecular weight is 234 g/mol. The lowest BCUT2D eigenvalue weighted by atomic mass is 10.1. The molecule has 0 aromatic carbocycles. The summed E-state index contributed by atoms with van der Waals surface area (Å²) in [4.78, 5) is 29.6. The Kier molecular flexibility index (Phi) is 2.35. The maximum Gasteiger partial charge on any atom is 0.247 e. The summed E-state index contributed by atoms with van der Waals surface area (Å²) < 4.78 is 1.80. The van der Waals surface area contributed by atoms with Gasteiger partial charge in [0.15, 0.2) is 0 Å². The predicted octanol–water partition coefficient (Wildman–Crippen LogP) is -0.628. The van der Waals surface area contributed by atoms with Gasteiger partial charge in [-0.15, -0.1) is 0 Å². The van der Waals surface area contributed by atoms with Gasteiger partial charge in [-0.2, -0.15) is 0 Å². The summed E-state index contributed by atoms with van der Waals surface area (Å²) >= 11 is 0. The van der Waals surface area contributed by atoms with Crippen LogP contribution in [0.5, 0.6) is 0 Å². The number of carbonyl (C=O) groups is 2. The van der Waals surface area contributed by atoms with Crippen molar-refractivity contribution in [1.82, 2.24) is 19.8 Å². The topological polar surface area (TPSA) is 67.2 Å². The Hall–Kier alpha value is -1.85. The molecule has 2 atom stereocenters. The molecule has 0 saturated carbocycles. The molecule has 0 radical (unpaired) electrons. The highest BCUT2D eigenvalue weighted by atomic mass is 16.2. The fourth-order valence-electron chi connectivity index (χ4n) is 2.56. The lowest BCUT2D eigenvalue weighted by molar-refractivity contribution is -0.147. The van der Waals surface area contributed by atoms with Crippen LogP contribution in [-0.2, 0) is 16.1 Å². The van der Waals surface area contributed by atoms with Gasteiger partial charge in [0.05, 0.1) is 12.9 Å². The van der Waals surface area contributed by atoms with E-state index in [-0.39, 0.29) is 17.9 Å². The van der Waals surface area contributed by atoms with Crippen LogP contribution in [0.1, 0.15) is 12.8 Å². The molecule has 1 aromatic rings. The number of carbonyl (C=O) groups excluding carboxylic acids is 2. The van der Waals surface area contributed by atoms with E-state index in [1.54, 1.807) is 28.2 Å². The second kappa shape index (κ2) is 3.87. The minimum absolute atomic E-state index is 0.0211. The molecule has 2 fully saturated rings. The van der Waals surface area contributed by atoms with Crippen LogP contribution in [-0.4, -0.2) is 44.9 Å². The Bertz CT molecular complexity index is 442. The van der Waals surface area contributed by atoms with Crippen LogP contribution < -0.4 is 5.32 Å². The summed E-state index contributed by atoms with van der Waals surface area (Å²) in [6.07, 6.45) is 6.80. The molecule has 3 rings (SSSR count). The summed E-state index contributed by atoms with van der Waals surface area (Å²) in [5, 5.41) is 2.80. The van der Waals surface area contributed by atoms with E-state index in [0.29, 0.717) is 13.1 Å². The Morgan fingerprint density at radius 1 is 1.47 bits per heavy atom. The maximum atomic E-state index is 12.2. The summed E-state index contributed by atoms with van der Waals surface area (Å²) in [7, 11) is 0. The number of nitrogens with zero attached hydrogens (tertiary/aromatic N) is 3. The number of amides is 2. The minimum Gasteiger partial charge on any atom is -0.341 e. The van der Waals surface area contributed by atoms with E-state index in [2.05, 4.69) is 10.3 Å². The van der Waals surface area contributed by atoms with Crippen molar-refractivity contribution in [2.75, 3.05) is 6.54 Å². The Labute approximate surface area is 98.6 Å². The van der Waals surface area contributed by atoms with Gasteiger partial charge in [0.2, 0.25) is 11.8 Å². The van der Waals surface area contributed by atoms with E-state index in [1.165, 1.54) is 0 Å². The van der Waals surface area contributed by atoms with Gasteiger partial charge in [-0.25, -0.2) is 4.98 Å². The van der Waals surface area contributed by atoms with Gasteiger partial charge in [0.1, 0.15) is 12.1 Å². The first-order chi connectivity index (χ1) is 8.25. The van der Waals surface area contributed by atoms with E-state index in [1.807, 2.05) is 0 Å². The van der Waals surface area contributed by atoms with E-state index in [9.17, 15) is 9.59 Å². The quantitative estimate of drug-likeness (QED) is 0.741. The van der Waals surface area contributed by atoms with Crippen LogP contribution in [0.2, 0.25) is 0 Å². The molecule has 1 aromatic heterocycles. The van der Waals surface area contributed by atoms with Crippen molar-refractivity contribution in [3.63, 3.8) is 0 Å². The Balaban J connectivity index is 1.77. The van der Waals surface area contributed by atoms with Gasteiger partial charge in [-0.3, -0.25) is 9.59 Å². The zero-order chi connectivity index (χ0) is 11.8. The van der Waals surface area contributed by atoms with Crippen LogP contribution in [0.4, 0.5) is 0 Å². The van der Waals surface area contributed by atoms with Crippen molar-refractivity contribution in [1.29, 1.82) is 0 Å². The number of hydrogen-bond acceptors (Lipinski definition) is 3. The van der Waals surface area contributed by atoms with Gasteiger partial charge < -0.3 is 14.8 Å². The minimum atomic E-state index is -0.453. The van der Waals surface area contributed by atoms with Gasteiger partial charge in [-0.1, -0.05) is 0 Å². The fourth-order valence-corrected chi connectivity index (χ4v) is 2.56. The summed E-state index contributed by atoms with van der Waals surface area (Å²) in [5.74, 6) is 0.00742. The molecular weight excluding hydrogens is 220 g/mol. The SMILES string of the molecule is O=C1N[C@@H](Cn2ccnc2)C(=O)N2CCCC12. The number of nitrogens with one attached hydrogen (secondary N) is 1. The zero-order valence-corrected chi connectivity index (χ0v) is 9.37. The molecule has 1 unspecified atom stereocenters. The van der Waals surface area contributed by atoms with E-state index >= 15 is 0 Å². The third kappa shape index (κ3) is 1.69. The number of hydrogen-bond donors (Lipinski definition) is 1. The standard InChI is InChI=1S/C11H14N4O2/c16-10-9-2-1-4-15(9)11(17)8(13-10)6-14-5-3-12-7-14/h3,5,7-9H,1-2,4,6H2,(H,13,16)/t8-,9?/m0/s1. The maximum absolute atomic E-state index is 12.2. The van der Waals surface area contributed by atoms with Crippen LogP contribution in [0.25, 0.3) is 0 Å². The van der Waals surface area contributed by atoms with Gasteiger partial charge in [-0.05, 0) is 12.8 Å². The molecule has 6 heteroatoms. The number of aromatic nitrogens is 2. The van der Waals surface area contributed by atoms with Gasteiger partial charge >= 0.3 is 0 Å². The Morgan fingerprint density at radius 2 is 2.35 bits per heavy atom. The second-order valence-corrected chi connectivity index (χ2v) is 4.51. The third-order valence-electron chi connectivity index (χ3n) is 3.41. The van der Waals surface area contributed by atoms with Crippen molar-refractivity contribution >= 4 is 11.8 Å². The molecule has 2 aliphatic heterocycles. The Morgan fingerprint density at radius 3 is 3.12 bits per heavy atom. The number of fused-ring (bicyclic) bond motifs is 1. The van der Waals surface area contributed by atoms with Crippen molar-refractivity contribution < 1.29 is 9.59 Å². The van der Waals surface area contributed by atoms with Gasteiger partial charge in [0, 0.05) is 18.9 Å². The van der Waals surface area contributed by atoms with E-state index in [0.717, 1.165) is 12.8 Å². The van der Waals surface area contributed by atoms with E-state index < -0.39 is 6.04 Å². The zero-order valence-electron chi connectivity index (χ0n) is 9.37. The number of imidazole rings is 1. The molecule has 3 heterocycles. The largest absolute Gasteiger partial charge is 0.341 e.